The van der Waals surface area contributed by atoms with Gasteiger partial charge in [0.05, 0.1) is 12.0 Å². The quantitative estimate of drug-likeness (QED) is 0.210. The molecule has 0 amide bonds. The van der Waals surface area contributed by atoms with E-state index in [9.17, 15) is 8.42 Å². The first-order chi connectivity index (χ1) is 13.6. The van der Waals surface area contributed by atoms with Gasteiger partial charge >= 0.3 is 0 Å². The van der Waals surface area contributed by atoms with Crippen LogP contribution in [0.5, 0.6) is 0 Å². The number of hydrazone groups is 1. The maximum absolute atomic E-state index is 12.2. The van der Waals surface area contributed by atoms with Crippen LogP contribution in [-0.4, -0.2) is 20.4 Å². The Bertz CT molecular complexity index is 1000. The smallest absolute Gasteiger partial charge is 0.205 e. The monoisotopic (exact) mass is 396 g/mol. The third-order valence-corrected chi connectivity index (χ3v) is 6.17. The predicted octanol–water partition coefficient (Wildman–Crippen LogP) is 5.61. The van der Waals surface area contributed by atoms with E-state index in [0.29, 0.717) is 6.42 Å². The highest BCUT2D eigenvalue weighted by Gasteiger charge is 2.09. The van der Waals surface area contributed by atoms with Crippen molar-refractivity contribution < 1.29 is 8.42 Å². The van der Waals surface area contributed by atoms with Gasteiger partial charge in [-0.15, -0.1) is 0 Å². The van der Waals surface area contributed by atoms with E-state index in [1.54, 1.807) is 6.21 Å². The van der Waals surface area contributed by atoms with Gasteiger partial charge in [0.25, 0.3) is 0 Å². The third kappa shape index (κ3) is 5.32. The van der Waals surface area contributed by atoms with Gasteiger partial charge in [0.2, 0.25) is 10.0 Å². The van der Waals surface area contributed by atoms with Gasteiger partial charge in [0.15, 0.2) is 0 Å². The van der Waals surface area contributed by atoms with Crippen LogP contribution in [-0.2, 0) is 10.0 Å². The number of benzene rings is 3. The Kier molecular flexibility index (Phi) is 7.04. The minimum absolute atomic E-state index is 0.118. The van der Waals surface area contributed by atoms with Crippen molar-refractivity contribution in [2.45, 2.75) is 45.4 Å². The number of nitrogens with zero attached hydrogens (tertiary/aromatic N) is 1. The molecule has 5 heteroatoms. The zero-order valence-corrected chi connectivity index (χ0v) is 17.2. The summed E-state index contributed by atoms with van der Waals surface area (Å²) in [5.74, 6) is 0.118. The predicted molar refractivity (Wildman–Crippen MR) is 119 cm³/mol. The number of unbranched alkanes of at least 4 members (excludes halogenated alkanes) is 5. The molecule has 0 spiro atoms. The fraction of sp³-hybridized carbons (Fsp3) is 0.348. The first-order valence-corrected chi connectivity index (χ1v) is 11.7. The van der Waals surface area contributed by atoms with Gasteiger partial charge in [-0.3, -0.25) is 0 Å². The van der Waals surface area contributed by atoms with E-state index >= 15 is 0 Å². The van der Waals surface area contributed by atoms with Gasteiger partial charge in [-0.1, -0.05) is 87.6 Å². The summed E-state index contributed by atoms with van der Waals surface area (Å²) in [6, 6.07) is 18.3. The van der Waals surface area contributed by atoms with E-state index in [1.165, 1.54) is 19.3 Å². The van der Waals surface area contributed by atoms with Crippen molar-refractivity contribution in [1.29, 1.82) is 0 Å². The Balaban J connectivity index is 1.72. The summed E-state index contributed by atoms with van der Waals surface area (Å²) in [5.41, 5.74) is 0.927. The van der Waals surface area contributed by atoms with E-state index in [0.717, 1.165) is 39.9 Å². The summed E-state index contributed by atoms with van der Waals surface area (Å²) in [6.07, 6.45) is 7.92. The molecule has 0 saturated heterocycles. The zero-order valence-electron chi connectivity index (χ0n) is 16.4. The van der Waals surface area contributed by atoms with Gasteiger partial charge in [-0.2, -0.15) is 5.10 Å². The number of rotatable bonds is 10. The SMILES string of the molecule is CCCCCCCCS(=O)(=O)N/N=C\c1c2ccccc2cc2ccccc12. The first-order valence-electron chi connectivity index (χ1n) is 10.0. The minimum Gasteiger partial charge on any atom is -0.205 e. The lowest BCUT2D eigenvalue weighted by Crippen LogP contribution is -2.21. The van der Waals surface area contributed by atoms with Crippen molar-refractivity contribution in [1.82, 2.24) is 4.83 Å². The van der Waals surface area contributed by atoms with E-state index in [-0.39, 0.29) is 5.75 Å². The Hall–Kier alpha value is -2.40. The van der Waals surface area contributed by atoms with Gasteiger partial charge in [0, 0.05) is 5.56 Å². The maximum atomic E-state index is 12.2. The van der Waals surface area contributed by atoms with Crippen molar-refractivity contribution in [2.75, 3.05) is 5.75 Å². The molecule has 0 radical (unpaired) electrons. The van der Waals surface area contributed by atoms with Crippen molar-refractivity contribution in [3.63, 3.8) is 0 Å². The van der Waals surface area contributed by atoms with E-state index in [2.05, 4.69) is 35.1 Å². The lowest BCUT2D eigenvalue weighted by atomic mass is 9.97. The van der Waals surface area contributed by atoms with Crippen LogP contribution in [0.25, 0.3) is 21.5 Å². The molecule has 0 saturated carbocycles. The molecular formula is C23H28N2O2S. The Morgan fingerprint density at radius 2 is 1.43 bits per heavy atom. The molecule has 0 aliphatic rings. The normalized spacial score (nSPS) is 12.2. The Morgan fingerprint density at radius 3 is 2.07 bits per heavy atom. The zero-order chi connectivity index (χ0) is 19.8. The molecule has 0 unspecified atom stereocenters. The number of nitrogens with one attached hydrogen (secondary N) is 1. The Morgan fingerprint density at radius 1 is 0.857 bits per heavy atom. The van der Waals surface area contributed by atoms with Gasteiger partial charge in [-0.05, 0) is 34.0 Å². The summed E-state index contributed by atoms with van der Waals surface area (Å²) < 4.78 is 24.4. The van der Waals surface area contributed by atoms with Gasteiger partial charge in [-0.25, -0.2) is 13.2 Å². The molecule has 0 bridgehead atoms. The molecule has 1 N–H and O–H groups in total. The topological polar surface area (TPSA) is 58.5 Å². The average molecular weight is 397 g/mol. The first kappa shape index (κ1) is 20.3. The van der Waals surface area contributed by atoms with Crippen LogP contribution in [0, 0.1) is 0 Å². The minimum atomic E-state index is -3.40. The molecular weight excluding hydrogens is 368 g/mol. The van der Waals surface area contributed by atoms with E-state index < -0.39 is 10.0 Å². The van der Waals surface area contributed by atoms with Crippen molar-refractivity contribution in [3.05, 3.63) is 60.2 Å². The van der Waals surface area contributed by atoms with Crippen LogP contribution in [0.15, 0.2) is 59.7 Å². The summed E-state index contributed by atoms with van der Waals surface area (Å²) in [6.45, 7) is 2.17. The molecule has 4 nitrogen and oxygen atoms in total. The van der Waals surface area contributed by atoms with Crippen LogP contribution >= 0.6 is 0 Å². The van der Waals surface area contributed by atoms with E-state index in [1.807, 2.05) is 36.4 Å². The fourth-order valence-corrected chi connectivity index (χ4v) is 4.37. The van der Waals surface area contributed by atoms with Gasteiger partial charge < -0.3 is 0 Å². The Labute approximate surface area is 167 Å². The standard InChI is InChI=1S/C23H28N2O2S/c1-2-3-4-5-6-11-16-28(26,27)25-24-18-23-21-14-9-7-12-19(21)17-20-13-8-10-15-22(20)23/h7-10,12-15,17-18,25H,2-6,11,16H2,1H3/b24-18-. The van der Waals surface area contributed by atoms with Crippen molar-refractivity contribution in [3.8, 4) is 0 Å². The number of hydrogen-bond donors (Lipinski definition) is 1. The molecule has 3 aromatic rings. The highest BCUT2D eigenvalue weighted by molar-refractivity contribution is 7.89. The number of sulfonamides is 1. The molecule has 3 rings (SSSR count). The molecule has 0 aliphatic heterocycles. The molecule has 0 aliphatic carbocycles. The van der Waals surface area contributed by atoms with Gasteiger partial charge in [0.1, 0.15) is 0 Å². The van der Waals surface area contributed by atoms with Crippen molar-refractivity contribution in [2.24, 2.45) is 5.10 Å². The lowest BCUT2D eigenvalue weighted by molar-refractivity contribution is 0.573. The van der Waals surface area contributed by atoms with Crippen molar-refractivity contribution >= 4 is 37.8 Å². The van der Waals surface area contributed by atoms with E-state index in [4.69, 9.17) is 0 Å². The lowest BCUT2D eigenvalue weighted by Gasteiger charge is -2.08. The highest BCUT2D eigenvalue weighted by Crippen LogP contribution is 2.27. The molecule has 148 valence electrons. The fourth-order valence-electron chi connectivity index (χ4n) is 3.48. The van der Waals surface area contributed by atoms with Crippen LogP contribution in [0.2, 0.25) is 0 Å². The second-order valence-corrected chi connectivity index (χ2v) is 8.99. The molecule has 0 aromatic heterocycles. The summed E-state index contributed by atoms with van der Waals surface area (Å²) in [4.78, 5) is 2.38. The summed E-state index contributed by atoms with van der Waals surface area (Å²) >= 11 is 0. The largest absolute Gasteiger partial charge is 0.247 e. The highest BCUT2D eigenvalue weighted by atomic mass is 32.2. The molecule has 0 heterocycles. The maximum Gasteiger partial charge on any atom is 0.247 e. The second-order valence-electron chi connectivity index (χ2n) is 7.17. The molecule has 3 aromatic carbocycles. The van der Waals surface area contributed by atoms with Crippen LogP contribution < -0.4 is 4.83 Å². The number of fused-ring (bicyclic) bond motifs is 2. The summed E-state index contributed by atoms with van der Waals surface area (Å²) in [5, 5.41) is 8.41. The third-order valence-electron chi connectivity index (χ3n) is 4.96. The van der Waals surface area contributed by atoms with Crippen LogP contribution in [0.1, 0.15) is 51.0 Å². The number of hydrogen-bond acceptors (Lipinski definition) is 3. The molecule has 28 heavy (non-hydrogen) atoms. The molecule has 0 fully saturated rings. The average Bonchev–Trinajstić information content (AvgIpc) is 2.70. The second kappa shape index (κ2) is 9.69. The van der Waals surface area contributed by atoms with Crippen LogP contribution in [0.3, 0.4) is 0 Å². The van der Waals surface area contributed by atoms with Crippen LogP contribution in [0.4, 0.5) is 0 Å². The molecule has 0 atom stereocenters. The summed E-state index contributed by atoms with van der Waals surface area (Å²) in [7, 11) is -3.40.